The van der Waals surface area contributed by atoms with E-state index >= 15 is 0 Å². The molecule has 17 aromatic rings. The van der Waals surface area contributed by atoms with E-state index < -0.39 is 0 Å². The average Bonchev–Trinajstić information content (AvgIpc) is 1.08. The summed E-state index contributed by atoms with van der Waals surface area (Å²) in [6, 6.07) is 118. The van der Waals surface area contributed by atoms with Gasteiger partial charge in [0.2, 0.25) is 0 Å². The monoisotopic (exact) mass is 1570 g/mol. The maximum atomic E-state index is 6.85. The van der Waals surface area contributed by atoms with Crippen LogP contribution in [0.3, 0.4) is 0 Å². The summed E-state index contributed by atoms with van der Waals surface area (Å²) in [4.78, 5) is 5.57. The van der Waals surface area contributed by atoms with Gasteiger partial charge >= 0.3 is 0 Å². The van der Waals surface area contributed by atoms with Crippen molar-refractivity contribution in [1.29, 1.82) is 0 Å². The van der Waals surface area contributed by atoms with Gasteiger partial charge in [-0.05, 0) is 241 Å². The number of nitrogens with zero attached hydrogens (tertiary/aromatic N) is 2. The second kappa shape index (κ2) is 28.0. The molecule has 0 fully saturated rings. The molecule has 0 saturated heterocycles. The molecule has 0 bridgehead atoms. The number of para-hydroxylation sites is 2. The Kier molecular flexibility index (Phi) is 17.9. The van der Waals surface area contributed by atoms with Gasteiger partial charge < -0.3 is 18.6 Å². The van der Waals surface area contributed by atoms with Crippen molar-refractivity contribution in [3.63, 3.8) is 0 Å². The molecule has 0 unspecified atom stereocenters. The Bertz CT molecular complexity index is 6440. The molecule has 15 aromatic carbocycles. The third-order valence-electron chi connectivity index (χ3n) is 26.6. The SMILES string of the molecule is CC(C)(C)c1ccc(-c2cc(C(C)(C)C)cc(-c3ccc(C(C)(C)C)cc3)c2N2c3ccc(-c4cccc5oc6ccccc6c45)cc3C3c4cc(-c5cccc6oc7ccccc7c56)ccc4N(c4c(-c5ccc(C(C)(C)C)cc5)cc(C(C)(C)C)cc4-c4ccc(C(C)(C)C)cc4)c4cc(C5c6ccccc6Cc6ccccc65)cc2c43)cc1. The molecule has 3 aliphatic rings. The molecular formula is C117H108N2O2. The number of rotatable bonds is 9. The molecule has 4 heteroatoms. The topological polar surface area (TPSA) is 32.8 Å². The van der Waals surface area contributed by atoms with Crippen molar-refractivity contribution in [2.45, 2.75) is 175 Å². The third kappa shape index (κ3) is 13.2. The van der Waals surface area contributed by atoms with Gasteiger partial charge in [0, 0.05) is 61.2 Å². The van der Waals surface area contributed by atoms with Gasteiger partial charge in [0.15, 0.2) is 0 Å². The van der Waals surface area contributed by atoms with Crippen molar-refractivity contribution < 1.29 is 8.83 Å². The van der Waals surface area contributed by atoms with E-state index in [2.05, 4.69) is 438 Å². The zero-order chi connectivity index (χ0) is 83.9. The minimum Gasteiger partial charge on any atom is -0.456 e. The lowest BCUT2D eigenvalue weighted by molar-refractivity contribution is 0.589. The van der Waals surface area contributed by atoms with Crippen molar-refractivity contribution in [1.82, 2.24) is 0 Å². The number of anilines is 6. The Morgan fingerprint density at radius 1 is 0.240 bits per heavy atom. The van der Waals surface area contributed by atoms with Gasteiger partial charge in [-0.15, -0.1) is 0 Å². The molecular weight excluding hydrogens is 1470 g/mol. The second-order valence-corrected chi connectivity index (χ2v) is 40.8. The van der Waals surface area contributed by atoms with Crippen LogP contribution in [0.5, 0.6) is 0 Å². The number of benzene rings is 15. The van der Waals surface area contributed by atoms with Gasteiger partial charge in [0.1, 0.15) is 22.3 Å². The fourth-order valence-corrected chi connectivity index (χ4v) is 19.8. The summed E-state index contributed by atoms with van der Waals surface area (Å²) < 4.78 is 13.7. The van der Waals surface area contributed by atoms with Gasteiger partial charge in [-0.1, -0.05) is 343 Å². The minimum atomic E-state index is -0.376. The smallest absolute Gasteiger partial charge is 0.136 e. The lowest BCUT2D eigenvalue weighted by atomic mass is 9.70. The number of fused-ring (bicyclic) bond motifs is 12. The molecule has 0 spiro atoms. The molecule has 2 aromatic heterocycles. The fourth-order valence-electron chi connectivity index (χ4n) is 19.8. The predicted octanol–water partition coefficient (Wildman–Crippen LogP) is 33.1. The van der Waals surface area contributed by atoms with Crippen LogP contribution in [0, 0.1) is 0 Å². The first kappa shape index (κ1) is 77.1. The van der Waals surface area contributed by atoms with E-state index in [4.69, 9.17) is 8.83 Å². The highest BCUT2D eigenvalue weighted by Crippen LogP contribution is 2.66. The van der Waals surface area contributed by atoms with Crippen molar-refractivity contribution in [3.05, 3.63) is 381 Å². The van der Waals surface area contributed by atoms with Gasteiger partial charge in [-0.2, -0.15) is 0 Å². The number of hydrogen-bond acceptors (Lipinski definition) is 4. The van der Waals surface area contributed by atoms with E-state index in [-0.39, 0.29) is 44.3 Å². The Hall–Kier alpha value is -12.5. The quantitative estimate of drug-likeness (QED) is 0.144. The third-order valence-corrected chi connectivity index (χ3v) is 26.6. The summed E-state index contributed by atoms with van der Waals surface area (Å²) >= 11 is 0. The second-order valence-electron chi connectivity index (χ2n) is 40.8. The first-order valence-corrected chi connectivity index (χ1v) is 43.6. The summed E-state index contributed by atoms with van der Waals surface area (Å²) in [5, 5.41) is 4.39. The van der Waals surface area contributed by atoms with E-state index in [1.807, 2.05) is 0 Å². The lowest BCUT2D eigenvalue weighted by Gasteiger charge is -2.47. The minimum absolute atomic E-state index is 0.0878. The van der Waals surface area contributed by atoms with Gasteiger partial charge in [-0.25, -0.2) is 0 Å². The van der Waals surface area contributed by atoms with Crippen LogP contribution in [0.15, 0.2) is 312 Å². The van der Waals surface area contributed by atoms with E-state index in [1.54, 1.807) is 0 Å². The van der Waals surface area contributed by atoms with Crippen LogP contribution in [0.1, 0.15) is 214 Å². The molecule has 4 heterocycles. The molecule has 0 radical (unpaired) electrons. The first-order valence-electron chi connectivity index (χ1n) is 43.6. The summed E-state index contributed by atoms with van der Waals surface area (Å²) in [6.45, 7) is 42.3. The van der Waals surface area contributed by atoms with Crippen LogP contribution >= 0.6 is 0 Å². The molecule has 0 amide bonds. The lowest BCUT2D eigenvalue weighted by Crippen LogP contribution is -2.31. The van der Waals surface area contributed by atoms with Gasteiger partial charge in [0.05, 0.1) is 34.1 Å². The Labute approximate surface area is 715 Å². The van der Waals surface area contributed by atoms with Crippen LogP contribution in [0.4, 0.5) is 34.1 Å². The normalized spacial score (nSPS) is 13.9. The molecule has 0 N–H and O–H groups in total. The molecule has 598 valence electrons. The predicted molar refractivity (Wildman–Crippen MR) is 513 cm³/mol. The maximum Gasteiger partial charge on any atom is 0.136 e. The largest absolute Gasteiger partial charge is 0.456 e. The zero-order valence-corrected chi connectivity index (χ0v) is 73.4. The molecule has 2 aliphatic heterocycles. The highest BCUT2D eigenvalue weighted by molar-refractivity contribution is 6.15. The van der Waals surface area contributed by atoms with Crippen molar-refractivity contribution >= 4 is 78.0 Å². The highest BCUT2D eigenvalue weighted by atomic mass is 16.3. The Morgan fingerprint density at radius 3 is 0.884 bits per heavy atom. The standard InChI is InChI=1S/C117H108N2O2/c1-112(2,3)79-51-41-70(42-52-79)91-66-83(116(13,14)15)67-92(71-43-53-80(54-44-71)113(4,5)6)110(91)118-97-59-49-76(87-35-27-39-103-106(87)89-33-23-25-37-101(89)120-103)62-95(97)108-96-63-77(88-36-28-40-104-107(88)90-34-24-26-38-102(90)121-104)50-60-98(96)119(100-65-78(64-99(118)109(100)108)105-85-31-21-19-29-74(85)61-75-30-20-22-32-86(75)105)111-93(72-45-55-81(56-46-72)114(7,8)9)68-84(117(16,17)18)69-94(111)73-47-57-82(58-48-73)115(10,11)12/h19-60,62-69,105,108H,61H2,1-18H3. The molecule has 0 atom stereocenters. The molecule has 0 saturated carbocycles. The van der Waals surface area contributed by atoms with Crippen LogP contribution in [-0.2, 0) is 38.9 Å². The number of furan rings is 2. The summed E-state index contributed by atoms with van der Waals surface area (Å²) in [7, 11) is 0. The molecule has 121 heavy (non-hydrogen) atoms. The van der Waals surface area contributed by atoms with E-state index in [0.29, 0.717) is 0 Å². The number of hydrogen-bond donors (Lipinski definition) is 0. The first-order chi connectivity index (χ1) is 57.8. The maximum absolute atomic E-state index is 6.85. The van der Waals surface area contributed by atoms with Gasteiger partial charge in [-0.3, -0.25) is 0 Å². The molecule has 20 rings (SSSR count). The fraction of sp³-hybridized carbons (Fsp3) is 0.231. The molecule has 4 nitrogen and oxygen atoms in total. The van der Waals surface area contributed by atoms with Crippen LogP contribution in [-0.4, -0.2) is 0 Å². The Morgan fingerprint density at radius 2 is 0.545 bits per heavy atom. The molecule has 1 aliphatic carbocycles. The van der Waals surface area contributed by atoms with E-state index in [0.717, 1.165) is 151 Å². The summed E-state index contributed by atoms with van der Waals surface area (Å²) in [5.41, 5.74) is 40.9. The van der Waals surface area contributed by atoms with Crippen LogP contribution < -0.4 is 9.80 Å². The van der Waals surface area contributed by atoms with Crippen molar-refractivity contribution in [2.75, 3.05) is 9.80 Å². The highest BCUT2D eigenvalue weighted by Gasteiger charge is 2.46. The van der Waals surface area contributed by atoms with Crippen LogP contribution in [0.25, 0.3) is 111 Å². The van der Waals surface area contributed by atoms with Crippen molar-refractivity contribution in [3.8, 4) is 66.8 Å². The summed E-state index contributed by atoms with van der Waals surface area (Å²) in [6.07, 6.45) is 0.848. The zero-order valence-electron chi connectivity index (χ0n) is 73.4. The van der Waals surface area contributed by atoms with E-state index in [1.165, 1.54) is 77.9 Å². The van der Waals surface area contributed by atoms with Crippen LogP contribution in [0.2, 0.25) is 0 Å². The Balaban J connectivity index is 1.01. The summed E-state index contributed by atoms with van der Waals surface area (Å²) in [5.74, 6) is -0.541. The van der Waals surface area contributed by atoms with Gasteiger partial charge in [0.25, 0.3) is 0 Å². The van der Waals surface area contributed by atoms with E-state index in [9.17, 15) is 0 Å². The average molecular weight is 1570 g/mol. The van der Waals surface area contributed by atoms with Crippen molar-refractivity contribution in [2.24, 2.45) is 0 Å².